The molecular weight excluding hydrogens is 301 g/mol. The topological polar surface area (TPSA) is 96.9 Å². The van der Waals surface area contributed by atoms with Crippen LogP contribution in [0.25, 0.3) is 0 Å². The van der Waals surface area contributed by atoms with Crippen LogP contribution in [0.2, 0.25) is 5.02 Å². The standard InChI is InChI=1S/C13H15ClFN3O3/c14-9-2-1-8(7-10(9)15)17-12(19)13(11(16)18-20)3-5-21-6-4-13/h1-2,7,20H,3-6H2,(H2,16,18)(H,17,19). The maximum absolute atomic E-state index is 13.4. The van der Waals surface area contributed by atoms with Crippen LogP contribution in [0.15, 0.2) is 23.4 Å². The molecule has 114 valence electrons. The van der Waals surface area contributed by atoms with Crippen molar-refractivity contribution in [2.24, 2.45) is 16.3 Å². The van der Waals surface area contributed by atoms with Crippen molar-refractivity contribution in [1.29, 1.82) is 0 Å². The molecule has 4 N–H and O–H groups in total. The van der Waals surface area contributed by atoms with Gasteiger partial charge < -0.3 is 21.0 Å². The SMILES string of the molecule is NC(=NO)C1(C(=O)Nc2ccc(Cl)c(F)c2)CCOCC1. The van der Waals surface area contributed by atoms with Gasteiger partial charge in [0.2, 0.25) is 5.91 Å². The maximum Gasteiger partial charge on any atom is 0.238 e. The molecular formula is C13H15ClFN3O3. The highest BCUT2D eigenvalue weighted by Crippen LogP contribution is 2.32. The predicted octanol–water partition coefficient (Wildman–Crippen LogP) is 1.96. The lowest BCUT2D eigenvalue weighted by Gasteiger charge is -2.34. The van der Waals surface area contributed by atoms with Crippen molar-refractivity contribution in [3.8, 4) is 0 Å². The van der Waals surface area contributed by atoms with Crippen molar-refractivity contribution in [1.82, 2.24) is 0 Å². The van der Waals surface area contributed by atoms with E-state index in [2.05, 4.69) is 10.5 Å². The number of rotatable bonds is 3. The summed E-state index contributed by atoms with van der Waals surface area (Å²) >= 11 is 5.59. The second-order valence-corrected chi connectivity index (χ2v) is 5.17. The van der Waals surface area contributed by atoms with Crippen LogP contribution in [0, 0.1) is 11.2 Å². The Morgan fingerprint density at radius 3 is 2.71 bits per heavy atom. The first-order chi connectivity index (χ1) is 9.99. The van der Waals surface area contributed by atoms with E-state index < -0.39 is 17.1 Å². The number of nitrogens with one attached hydrogen (secondary N) is 1. The second-order valence-electron chi connectivity index (χ2n) is 4.76. The van der Waals surface area contributed by atoms with Gasteiger partial charge in [0.1, 0.15) is 11.2 Å². The first kappa shape index (κ1) is 15.5. The highest BCUT2D eigenvalue weighted by atomic mass is 35.5. The van der Waals surface area contributed by atoms with Crippen LogP contribution >= 0.6 is 11.6 Å². The van der Waals surface area contributed by atoms with Crippen LogP contribution in [0.1, 0.15) is 12.8 Å². The zero-order valence-corrected chi connectivity index (χ0v) is 11.9. The molecule has 1 aromatic carbocycles. The third-order valence-corrected chi connectivity index (χ3v) is 3.86. The number of nitrogens with zero attached hydrogens (tertiary/aromatic N) is 1. The van der Waals surface area contributed by atoms with E-state index in [0.29, 0.717) is 13.2 Å². The third kappa shape index (κ3) is 3.08. The maximum atomic E-state index is 13.4. The number of carbonyl (C=O) groups is 1. The first-order valence-electron chi connectivity index (χ1n) is 6.32. The van der Waals surface area contributed by atoms with E-state index in [-0.39, 0.29) is 29.4 Å². The Morgan fingerprint density at radius 2 is 2.14 bits per heavy atom. The molecule has 1 fully saturated rings. The van der Waals surface area contributed by atoms with E-state index in [0.717, 1.165) is 6.07 Å². The average molecular weight is 316 g/mol. The predicted molar refractivity (Wildman–Crippen MR) is 75.9 cm³/mol. The summed E-state index contributed by atoms with van der Waals surface area (Å²) in [6, 6.07) is 3.93. The summed E-state index contributed by atoms with van der Waals surface area (Å²) in [6.45, 7) is 0.636. The van der Waals surface area contributed by atoms with Crippen molar-refractivity contribution in [2.75, 3.05) is 18.5 Å². The lowest BCUT2D eigenvalue weighted by molar-refractivity contribution is -0.126. The average Bonchev–Trinajstić information content (AvgIpc) is 2.50. The van der Waals surface area contributed by atoms with Crippen LogP contribution in [0.4, 0.5) is 10.1 Å². The Balaban J connectivity index is 2.24. The summed E-state index contributed by atoms with van der Waals surface area (Å²) in [5.74, 6) is -1.29. The summed E-state index contributed by atoms with van der Waals surface area (Å²) in [5.41, 5.74) is 4.76. The normalized spacial score (nSPS) is 18.3. The molecule has 0 spiro atoms. The van der Waals surface area contributed by atoms with Gasteiger partial charge in [-0.25, -0.2) is 4.39 Å². The molecule has 6 nitrogen and oxygen atoms in total. The fraction of sp³-hybridized carbons (Fsp3) is 0.385. The van der Waals surface area contributed by atoms with Gasteiger partial charge in [-0.2, -0.15) is 0 Å². The van der Waals surface area contributed by atoms with E-state index in [4.69, 9.17) is 27.3 Å². The smallest absolute Gasteiger partial charge is 0.238 e. The van der Waals surface area contributed by atoms with E-state index >= 15 is 0 Å². The van der Waals surface area contributed by atoms with E-state index in [9.17, 15) is 9.18 Å². The quantitative estimate of drug-likeness (QED) is 0.344. The van der Waals surface area contributed by atoms with Gasteiger partial charge in [0.25, 0.3) is 0 Å². The van der Waals surface area contributed by atoms with E-state index in [1.54, 1.807) is 0 Å². The van der Waals surface area contributed by atoms with Gasteiger partial charge in [-0.05, 0) is 31.0 Å². The van der Waals surface area contributed by atoms with Crippen LogP contribution < -0.4 is 11.1 Å². The van der Waals surface area contributed by atoms with Gasteiger partial charge in [0, 0.05) is 18.9 Å². The molecule has 1 aromatic rings. The van der Waals surface area contributed by atoms with Crippen molar-refractivity contribution < 1.29 is 19.1 Å². The fourth-order valence-electron chi connectivity index (χ4n) is 2.24. The number of hydrogen-bond donors (Lipinski definition) is 3. The molecule has 8 heteroatoms. The third-order valence-electron chi connectivity index (χ3n) is 3.56. The molecule has 1 amide bonds. The van der Waals surface area contributed by atoms with Crippen molar-refractivity contribution in [2.45, 2.75) is 12.8 Å². The summed E-state index contributed by atoms with van der Waals surface area (Å²) in [5, 5.41) is 14.4. The molecule has 0 radical (unpaired) electrons. The Labute approximate surface area is 125 Å². The fourth-order valence-corrected chi connectivity index (χ4v) is 2.36. The zero-order chi connectivity index (χ0) is 15.5. The Hall–Kier alpha value is -1.86. The molecule has 21 heavy (non-hydrogen) atoms. The summed E-state index contributed by atoms with van der Waals surface area (Å²) in [4.78, 5) is 12.5. The second kappa shape index (κ2) is 6.28. The summed E-state index contributed by atoms with van der Waals surface area (Å²) < 4.78 is 18.6. The molecule has 0 saturated carbocycles. The van der Waals surface area contributed by atoms with Crippen LogP contribution in [0.5, 0.6) is 0 Å². The largest absolute Gasteiger partial charge is 0.409 e. The number of carbonyl (C=O) groups excluding carboxylic acids is 1. The lowest BCUT2D eigenvalue weighted by Crippen LogP contribution is -2.50. The molecule has 0 aromatic heterocycles. The van der Waals surface area contributed by atoms with Crippen LogP contribution in [0.3, 0.4) is 0 Å². The summed E-state index contributed by atoms with van der Waals surface area (Å²) in [7, 11) is 0. The number of benzene rings is 1. The Morgan fingerprint density at radius 1 is 1.48 bits per heavy atom. The Bertz CT molecular complexity index is 574. The van der Waals surface area contributed by atoms with Crippen molar-refractivity contribution in [3.05, 3.63) is 29.0 Å². The number of halogens is 2. The molecule has 1 heterocycles. The van der Waals surface area contributed by atoms with E-state index in [1.165, 1.54) is 12.1 Å². The van der Waals surface area contributed by atoms with Gasteiger partial charge >= 0.3 is 0 Å². The van der Waals surface area contributed by atoms with Crippen LogP contribution in [-0.4, -0.2) is 30.2 Å². The number of ether oxygens (including phenoxy) is 1. The van der Waals surface area contributed by atoms with Gasteiger partial charge in [0.05, 0.1) is 5.02 Å². The molecule has 0 aliphatic carbocycles. The zero-order valence-electron chi connectivity index (χ0n) is 11.1. The number of hydrogen-bond acceptors (Lipinski definition) is 4. The van der Waals surface area contributed by atoms with E-state index in [1.807, 2.05) is 0 Å². The monoisotopic (exact) mass is 315 g/mol. The molecule has 0 atom stereocenters. The van der Waals surface area contributed by atoms with Gasteiger partial charge in [0.15, 0.2) is 5.84 Å². The number of amides is 1. The van der Waals surface area contributed by atoms with Crippen LogP contribution in [-0.2, 0) is 9.53 Å². The highest BCUT2D eigenvalue weighted by molar-refractivity contribution is 6.30. The minimum Gasteiger partial charge on any atom is -0.409 e. The minimum atomic E-state index is -1.16. The number of nitrogens with two attached hydrogens (primary N) is 1. The Kier molecular flexibility index (Phi) is 4.64. The number of amidine groups is 1. The molecule has 1 saturated heterocycles. The molecule has 1 aliphatic heterocycles. The molecule has 2 rings (SSSR count). The molecule has 1 aliphatic rings. The van der Waals surface area contributed by atoms with Crippen molar-refractivity contribution >= 4 is 29.0 Å². The summed E-state index contributed by atoms with van der Waals surface area (Å²) in [6.07, 6.45) is 0.565. The van der Waals surface area contributed by atoms with Gasteiger partial charge in [-0.1, -0.05) is 16.8 Å². The molecule has 0 bridgehead atoms. The molecule has 0 unspecified atom stereocenters. The lowest BCUT2D eigenvalue weighted by atomic mass is 9.78. The number of oxime groups is 1. The van der Waals surface area contributed by atoms with Gasteiger partial charge in [-0.15, -0.1) is 0 Å². The number of anilines is 1. The van der Waals surface area contributed by atoms with Crippen molar-refractivity contribution in [3.63, 3.8) is 0 Å². The van der Waals surface area contributed by atoms with Gasteiger partial charge in [-0.3, -0.25) is 4.79 Å². The minimum absolute atomic E-state index is 0.0368. The highest BCUT2D eigenvalue weighted by Gasteiger charge is 2.44. The first-order valence-corrected chi connectivity index (χ1v) is 6.69.